The largest absolute Gasteiger partial charge is 0.376 e. The summed E-state index contributed by atoms with van der Waals surface area (Å²) in [4.78, 5) is 17.7. The summed E-state index contributed by atoms with van der Waals surface area (Å²) in [5.41, 5.74) is 0.776. The lowest BCUT2D eigenvalue weighted by Crippen LogP contribution is -2.33. The molecule has 0 bridgehead atoms. The molecule has 108 valence electrons. The molecule has 3 nitrogen and oxygen atoms in total. The van der Waals surface area contributed by atoms with Crippen LogP contribution in [-0.4, -0.2) is 15.2 Å². The van der Waals surface area contributed by atoms with Crippen LogP contribution in [-0.2, 0) is 16.8 Å². The quantitative estimate of drug-likeness (QED) is 0.789. The zero-order valence-electron chi connectivity index (χ0n) is 11.7. The molecular weight excluding hydrogens is 294 g/mol. The van der Waals surface area contributed by atoms with Gasteiger partial charge in [0, 0.05) is 28.0 Å². The standard InChI is InChI=1S/C18H13NO2S/c20-17-18(21,14-6-2-4-8-16(14)22-17)11-13-10-9-12-5-1-3-7-15(12)19-13/h1-10,21H,11H2. The number of carbonyl (C=O) groups excluding carboxylic acids is 1. The number of carbonyl (C=O) groups is 1. The monoisotopic (exact) mass is 307 g/mol. The Morgan fingerprint density at radius 2 is 1.77 bits per heavy atom. The van der Waals surface area contributed by atoms with Crippen molar-refractivity contribution < 1.29 is 9.90 Å². The maximum absolute atomic E-state index is 12.3. The van der Waals surface area contributed by atoms with Gasteiger partial charge in [0.25, 0.3) is 0 Å². The summed E-state index contributed by atoms with van der Waals surface area (Å²) in [5, 5.41) is 11.7. The molecule has 2 aromatic carbocycles. The summed E-state index contributed by atoms with van der Waals surface area (Å²) in [5.74, 6) is 0. The first-order valence-electron chi connectivity index (χ1n) is 7.06. The molecule has 1 atom stereocenters. The smallest absolute Gasteiger partial charge is 0.230 e. The van der Waals surface area contributed by atoms with Gasteiger partial charge in [0.2, 0.25) is 5.12 Å². The topological polar surface area (TPSA) is 50.2 Å². The van der Waals surface area contributed by atoms with Crippen LogP contribution in [0.3, 0.4) is 0 Å². The molecule has 22 heavy (non-hydrogen) atoms. The number of aliphatic hydroxyl groups is 1. The molecule has 3 aromatic rings. The number of pyridine rings is 1. The molecule has 0 saturated heterocycles. The van der Waals surface area contributed by atoms with Crippen molar-refractivity contribution in [1.82, 2.24) is 4.98 Å². The Labute approximate surface area is 132 Å². The lowest BCUT2D eigenvalue weighted by Gasteiger charge is -2.21. The Hall–Kier alpha value is -2.17. The Morgan fingerprint density at radius 1 is 1.00 bits per heavy atom. The fraction of sp³-hybridized carbons (Fsp3) is 0.111. The lowest BCUT2D eigenvalue weighted by molar-refractivity contribution is -0.128. The zero-order chi connectivity index (χ0) is 15.2. The number of hydrogen-bond acceptors (Lipinski definition) is 4. The molecule has 0 saturated carbocycles. The molecule has 1 aromatic heterocycles. The van der Waals surface area contributed by atoms with E-state index in [9.17, 15) is 9.90 Å². The van der Waals surface area contributed by atoms with Crippen LogP contribution in [0.15, 0.2) is 65.6 Å². The van der Waals surface area contributed by atoms with Crippen molar-refractivity contribution in [3.8, 4) is 0 Å². The van der Waals surface area contributed by atoms with E-state index in [0.29, 0.717) is 11.3 Å². The first kappa shape index (κ1) is 13.5. The van der Waals surface area contributed by atoms with E-state index in [1.165, 1.54) is 0 Å². The molecule has 1 aliphatic rings. The van der Waals surface area contributed by atoms with Crippen molar-refractivity contribution in [2.24, 2.45) is 0 Å². The molecule has 1 N–H and O–H groups in total. The highest BCUT2D eigenvalue weighted by molar-refractivity contribution is 8.14. The Morgan fingerprint density at radius 3 is 2.68 bits per heavy atom. The third-order valence-corrected chi connectivity index (χ3v) is 5.07. The summed E-state index contributed by atoms with van der Waals surface area (Å²) >= 11 is 1.10. The van der Waals surface area contributed by atoms with Gasteiger partial charge in [0.1, 0.15) is 0 Å². The lowest BCUT2D eigenvalue weighted by atomic mass is 9.90. The summed E-state index contributed by atoms with van der Waals surface area (Å²) in [6, 6.07) is 19.1. The van der Waals surface area contributed by atoms with Crippen molar-refractivity contribution in [3.05, 3.63) is 71.9 Å². The third kappa shape index (κ3) is 2.03. The van der Waals surface area contributed by atoms with E-state index in [1.807, 2.05) is 60.7 Å². The van der Waals surface area contributed by atoms with Crippen molar-refractivity contribution in [2.75, 3.05) is 0 Å². The van der Waals surface area contributed by atoms with Crippen LogP contribution in [0, 0.1) is 0 Å². The van der Waals surface area contributed by atoms with E-state index in [2.05, 4.69) is 4.98 Å². The van der Waals surface area contributed by atoms with E-state index in [1.54, 1.807) is 0 Å². The maximum Gasteiger partial charge on any atom is 0.230 e. The molecule has 0 radical (unpaired) electrons. The molecule has 1 unspecified atom stereocenters. The van der Waals surface area contributed by atoms with Crippen LogP contribution in [0.1, 0.15) is 11.3 Å². The predicted octanol–water partition coefficient (Wildman–Crippen LogP) is 3.30. The maximum atomic E-state index is 12.3. The summed E-state index contributed by atoms with van der Waals surface area (Å²) in [6.07, 6.45) is 0.195. The van der Waals surface area contributed by atoms with Gasteiger partial charge in [0.05, 0.1) is 5.52 Å². The number of fused-ring (bicyclic) bond motifs is 2. The molecule has 4 rings (SSSR count). The van der Waals surface area contributed by atoms with Gasteiger partial charge in [-0.2, -0.15) is 0 Å². The summed E-state index contributed by atoms with van der Waals surface area (Å²) in [7, 11) is 0. The second-order valence-electron chi connectivity index (χ2n) is 5.42. The Bertz CT molecular complexity index is 893. The molecule has 0 amide bonds. The normalized spacial score (nSPS) is 20.3. The van der Waals surface area contributed by atoms with Gasteiger partial charge < -0.3 is 5.11 Å². The zero-order valence-corrected chi connectivity index (χ0v) is 12.5. The predicted molar refractivity (Wildman–Crippen MR) is 86.6 cm³/mol. The first-order chi connectivity index (χ1) is 10.7. The third-order valence-electron chi connectivity index (χ3n) is 3.97. The molecule has 0 aliphatic carbocycles. The van der Waals surface area contributed by atoms with Crippen molar-refractivity contribution >= 4 is 27.8 Å². The van der Waals surface area contributed by atoms with Crippen LogP contribution in [0.25, 0.3) is 10.9 Å². The number of benzene rings is 2. The highest BCUT2D eigenvalue weighted by atomic mass is 32.2. The number of rotatable bonds is 2. The highest BCUT2D eigenvalue weighted by Crippen LogP contribution is 2.45. The number of nitrogens with zero attached hydrogens (tertiary/aromatic N) is 1. The number of hydrogen-bond donors (Lipinski definition) is 1. The number of thioether (sulfide) groups is 1. The van der Waals surface area contributed by atoms with Crippen LogP contribution >= 0.6 is 11.8 Å². The van der Waals surface area contributed by atoms with Crippen LogP contribution in [0.4, 0.5) is 0 Å². The Balaban J connectivity index is 1.76. The Kier molecular flexibility index (Phi) is 3.03. The van der Waals surface area contributed by atoms with E-state index in [0.717, 1.165) is 27.6 Å². The average molecular weight is 307 g/mol. The minimum Gasteiger partial charge on any atom is -0.376 e. The van der Waals surface area contributed by atoms with Gasteiger partial charge in [-0.3, -0.25) is 9.78 Å². The van der Waals surface area contributed by atoms with E-state index in [-0.39, 0.29) is 11.5 Å². The average Bonchev–Trinajstić information content (AvgIpc) is 2.79. The molecule has 2 heterocycles. The number of para-hydroxylation sites is 1. The minimum absolute atomic E-state index is 0.195. The van der Waals surface area contributed by atoms with Gasteiger partial charge >= 0.3 is 0 Å². The number of aromatic nitrogens is 1. The summed E-state index contributed by atoms with van der Waals surface area (Å²) < 4.78 is 0. The molecule has 4 heteroatoms. The van der Waals surface area contributed by atoms with Crippen LogP contribution in [0.2, 0.25) is 0 Å². The van der Waals surface area contributed by atoms with E-state index >= 15 is 0 Å². The van der Waals surface area contributed by atoms with Crippen molar-refractivity contribution in [2.45, 2.75) is 16.9 Å². The molecule has 0 fully saturated rings. The van der Waals surface area contributed by atoms with Gasteiger partial charge in [0.15, 0.2) is 5.60 Å². The molecule has 1 aliphatic heterocycles. The molecular formula is C18H13NO2S. The minimum atomic E-state index is -1.49. The van der Waals surface area contributed by atoms with E-state index in [4.69, 9.17) is 0 Å². The first-order valence-corrected chi connectivity index (χ1v) is 7.87. The van der Waals surface area contributed by atoms with Gasteiger partial charge in [-0.15, -0.1) is 0 Å². The van der Waals surface area contributed by atoms with Crippen LogP contribution < -0.4 is 0 Å². The van der Waals surface area contributed by atoms with Crippen LogP contribution in [0.5, 0.6) is 0 Å². The summed E-state index contributed by atoms with van der Waals surface area (Å²) in [6.45, 7) is 0. The SMILES string of the molecule is O=C1Sc2ccccc2C1(O)Cc1ccc2ccccc2n1. The fourth-order valence-corrected chi connectivity index (χ4v) is 3.87. The second kappa shape index (κ2) is 4.93. The highest BCUT2D eigenvalue weighted by Gasteiger charge is 2.45. The fourth-order valence-electron chi connectivity index (χ4n) is 2.83. The van der Waals surface area contributed by atoms with Gasteiger partial charge in [-0.1, -0.05) is 42.5 Å². The van der Waals surface area contributed by atoms with Crippen molar-refractivity contribution in [1.29, 1.82) is 0 Å². The van der Waals surface area contributed by atoms with E-state index < -0.39 is 5.60 Å². The van der Waals surface area contributed by atoms with Crippen molar-refractivity contribution in [3.63, 3.8) is 0 Å². The molecule has 0 spiro atoms. The van der Waals surface area contributed by atoms with Gasteiger partial charge in [-0.05, 0) is 30.0 Å². The second-order valence-corrected chi connectivity index (χ2v) is 6.43. The van der Waals surface area contributed by atoms with Gasteiger partial charge in [-0.25, -0.2) is 0 Å².